The Morgan fingerprint density at radius 3 is 2.41 bits per heavy atom. The number of hydrogen-bond acceptors (Lipinski definition) is 7. The van der Waals surface area contributed by atoms with Gasteiger partial charge >= 0.3 is 0 Å². The summed E-state index contributed by atoms with van der Waals surface area (Å²) in [6, 6.07) is 21.6. The zero-order valence-electron chi connectivity index (χ0n) is 23.9. The first-order valence-electron chi connectivity index (χ1n) is 14.5. The Hall–Kier alpha value is -3.11. The minimum atomic E-state index is -3.50. The molecule has 2 saturated heterocycles. The number of rotatable bonds is 12. The molecule has 2 aliphatic rings. The predicted octanol–water partition coefficient (Wildman–Crippen LogP) is 4.68. The number of nitrogens with zero attached hydrogens (tertiary/aromatic N) is 2. The summed E-state index contributed by atoms with van der Waals surface area (Å²) in [5, 5.41) is 0. The van der Waals surface area contributed by atoms with Crippen LogP contribution in [0.15, 0.2) is 66.7 Å². The fraction of sp³-hybridized carbons (Fsp3) is 0.438. The average molecular weight is 580 g/mol. The van der Waals surface area contributed by atoms with E-state index in [1.807, 2.05) is 54.6 Å². The molecule has 8 nitrogen and oxygen atoms in total. The lowest BCUT2D eigenvalue weighted by atomic mass is 10.0. The molecular weight excluding hydrogens is 538 g/mol. The van der Waals surface area contributed by atoms with Crippen LogP contribution in [0.3, 0.4) is 0 Å². The van der Waals surface area contributed by atoms with E-state index >= 15 is 0 Å². The van der Waals surface area contributed by atoms with Crippen molar-refractivity contribution in [2.45, 2.75) is 31.6 Å². The van der Waals surface area contributed by atoms with Gasteiger partial charge in [0.2, 0.25) is 10.0 Å². The quantitative estimate of drug-likeness (QED) is 0.334. The maximum absolute atomic E-state index is 12.9. The second-order valence-electron chi connectivity index (χ2n) is 10.7. The molecule has 2 fully saturated rings. The van der Waals surface area contributed by atoms with Crippen LogP contribution in [-0.4, -0.2) is 73.0 Å². The Morgan fingerprint density at radius 1 is 0.878 bits per heavy atom. The first kappa shape index (κ1) is 29.4. The van der Waals surface area contributed by atoms with Crippen LogP contribution in [-0.2, 0) is 27.1 Å². The van der Waals surface area contributed by atoms with Crippen molar-refractivity contribution in [3.8, 4) is 22.6 Å². The van der Waals surface area contributed by atoms with E-state index in [0.29, 0.717) is 12.4 Å². The van der Waals surface area contributed by atoms with Crippen LogP contribution in [0.4, 0.5) is 5.69 Å². The van der Waals surface area contributed by atoms with E-state index in [0.717, 1.165) is 73.9 Å². The molecule has 2 aliphatic heterocycles. The van der Waals surface area contributed by atoms with Crippen LogP contribution in [0.2, 0.25) is 0 Å². The molecule has 0 aliphatic carbocycles. The van der Waals surface area contributed by atoms with Crippen LogP contribution >= 0.6 is 0 Å². The third-order valence-electron chi connectivity index (χ3n) is 7.70. The highest BCUT2D eigenvalue weighted by molar-refractivity contribution is 7.88. The maximum Gasteiger partial charge on any atom is 0.216 e. The number of hydrogen-bond donors (Lipinski definition) is 1. The van der Waals surface area contributed by atoms with Gasteiger partial charge in [0.15, 0.2) is 0 Å². The van der Waals surface area contributed by atoms with Crippen LogP contribution in [0.25, 0.3) is 11.1 Å². The summed E-state index contributed by atoms with van der Waals surface area (Å²) >= 11 is 0. The van der Waals surface area contributed by atoms with Crippen molar-refractivity contribution in [2.75, 3.05) is 64.6 Å². The summed E-state index contributed by atoms with van der Waals surface area (Å²) in [6.07, 6.45) is 3.69. The summed E-state index contributed by atoms with van der Waals surface area (Å²) in [4.78, 5) is 4.71. The second kappa shape index (κ2) is 14.2. The lowest BCUT2D eigenvalue weighted by Crippen LogP contribution is -2.38. The number of sulfonamides is 1. The van der Waals surface area contributed by atoms with Gasteiger partial charge in [0, 0.05) is 56.6 Å². The van der Waals surface area contributed by atoms with Crippen molar-refractivity contribution < 1.29 is 22.6 Å². The molecule has 3 aromatic carbocycles. The van der Waals surface area contributed by atoms with E-state index in [1.165, 1.54) is 24.9 Å². The summed E-state index contributed by atoms with van der Waals surface area (Å²) in [6.45, 7) is 7.28. The minimum absolute atomic E-state index is 0.0772. The highest BCUT2D eigenvalue weighted by Gasteiger charge is 2.15. The number of ether oxygens (including phenoxy) is 3. The molecular formula is C32H41N3O5S. The molecule has 0 bridgehead atoms. The van der Waals surface area contributed by atoms with Crippen LogP contribution < -0.4 is 19.1 Å². The molecule has 220 valence electrons. The fourth-order valence-electron chi connectivity index (χ4n) is 5.38. The molecule has 0 atom stereocenters. The van der Waals surface area contributed by atoms with Gasteiger partial charge in [-0.15, -0.1) is 0 Å². The van der Waals surface area contributed by atoms with E-state index in [4.69, 9.17) is 14.2 Å². The van der Waals surface area contributed by atoms with Gasteiger partial charge < -0.3 is 19.1 Å². The summed E-state index contributed by atoms with van der Waals surface area (Å²) in [5.74, 6) is 1.39. The molecule has 0 unspecified atom stereocenters. The van der Waals surface area contributed by atoms with Gasteiger partial charge in [-0.2, -0.15) is 0 Å². The fourth-order valence-corrected chi connectivity index (χ4v) is 6.50. The molecule has 9 heteroatoms. The van der Waals surface area contributed by atoms with Crippen molar-refractivity contribution in [2.24, 2.45) is 0 Å². The molecule has 41 heavy (non-hydrogen) atoms. The maximum atomic E-state index is 12.9. The number of methoxy groups -OCH3 is 1. The van der Waals surface area contributed by atoms with Crippen molar-refractivity contribution in [1.29, 1.82) is 0 Å². The van der Waals surface area contributed by atoms with Crippen LogP contribution in [0, 0.1) is 0 Å². The standard InChI is InChI=1S/C32H41N3O5S/c1-38-32-23-30(40-21-18-34-16-19-39-20-17-34)12-13-31(32)28-10-8-26(9-11-28)25-41(36,37)33-24-27-6-5-7-29(22-27)35-14-3-2-4-15-35/h5-13,22-23,33H,2-4,14-21,24-25H2,1H3. The van der Waals surface area contributed by atoms with Gasteiger partial charge in [-0.05, 0) is 60.2 Å². The third kappa shape index (κ3) is 8.45. The number of nitrogens with one attached hydrogen (secondary N) is 1. The third-order valence-corrected chi connectivity index (χ3v) is 9.00. The zero-order chi connectivity index (χ0) is 28.5. The highest BCUT2D eigenvalue weighted by Crippen LogP contribution is 2.33. The van der Waals surface area contributed by atoms with E-state index < -0.39 is 10.0 Å². The molecule has 2 heterocycles. The molecule has 0 aromatic heterocycles. The molecule has 3 aromatic rings. The number of piperidine rings is 1. The Morgan fingerprint density at radius 2 is 1.66 bits per heavy atom. The number of benzene rings is 3. The van der Waals surface area contributed by atoms with Crippen molar-refractivity contribution in [1.82, 2.24) is 9.62 Å². The minimum Gasteiger partial charge on any atom is -0.496 e. The van der Waals surface area contributed by atoms with Gasteiger partial charge in [0.1, 0.15) is 18.1 Å². The number of morpholine rings is 1. The SMILES string of the molecule is COc1cc(OCCN2CCOCC2)ccc1-c1ccc(CS(=O)(=O)NCc2cccc(N3CCCCC3)c2)cc1. The monoisotopic (exact) mass is 579 g/mol. The lowest BCUT2D eigenvalue weighted by molar-refractivity contribution is 0.0322. The Balaban J connectivity index is 1.15. The van der Waals surface area contributed by atoms with Gasteiger partial charge in [-0.3, -0.25) is 4.90 Å². The van der Waals surface area contributed by atoms with E-state index in [2.05, 4.69) is 26.7 Å². The van der Waals surface area contributed by atoms with Crippen molar-refractivity contribution in [3.05, 3.63) is 77.9 Å². The van der Waals surface area contributed by atoms with E-state index in [-0.39, 0.29) is 12.3 Å². The van der Waals surface area contributed by atoms with Crippen LogP contribution in [0.5, 0.6) is 11.5 Å². The van der Waals surface area contributed by atoms with E-state index in [1.54, 1.807) is 7.11 Å². The second-order valence-corrected chi connectivity index (χ2v) is 12.5. The summed E-state index contributed by atoms with van der Waals surface area (Å²) in [5.41, 5.74) is 4.73. The number of anilines is 1. The lowest BCUT2D eigenvalue weighted by Gasteiger charge is -2.29. The summed E-state index contributed by atoms with van der Waals surface area (Å²) < 4.78 is 45.5. The van der Waals surface area contributed by atoms with Crippen LogP contribution in [0.1, 0.15) is 30.4 Å². The Kier molecular flexibility index (Phi) is 10.2. The zero-order valence-corrected chi connectivity index (χ0v) is 24.7. The van der Waals surface area contributed by atoms with Gasteiger partial charge in [0.25, 0.3) is 0 Å². The molecule has 0 saturated carbocycles. The Labute approximate surface area is 244 Å². The largest absolute Gasteiger partial charge is 0.496 e. The van der Waals surface area contributed by atoms with Crippen molar-refractivity contribution >= 4 is 15.7 Å². The average Bonchev–Trinajstić information content (AvgIpc) is 3.01. The topological polar surface area (TPSA) is 80.3 Å². The normalized spacial score (nSPS) is 16.5. The molecule has 5 rings (SSSR count). The smallest absolute Gasteiger partial charge is 0.216 e. The van der Waals surface area contributed by atoms with E-state index in [9.17, 15) is 8.42 Å². The first-order valence-corrected chi connectivity index (χ1v) is 16.2. The van der Waals surface area contributed by atoms with Gasteiger partial charge in [0.05, 0.1) is 26.1 Å². The molecule has 1 N–H and O–H groups in total. The first-order chi connectivity index (χ1) is 20.0. The van der Waals surface area contributed by atoms with Gasteiger partial charge in [-0.1, -0.05) is 36.4 Å². The molecule has 0 amide bonds. The predicted molar refractivity (Wildman–Crippen MR) is 163 cm³/mol. The summed E-state index contributed by atoms with van der Waals surface area (Å²) in [7, 11) is -1.85. The molecule has 0 radical (unpaired) electrons. The van der Waals surface area contributed by atoms with Gasteiger partial charge in [-0.25, -0.2) is 13.1 Å². The molecule has 0 spiro atoms. The highest BCUT2D eigenvalue weighted by atomic mass is 32.2. The Bertz CT molecular complexity index is 1370. The van der Waals surface area contributed by atoms with Crippen molar-refractivity contribution in [3.63, 3.8) is 0 Å².